The molecule has 0 rings (SSSR count). The Balaban J connectivity index is 3.03. The Morgan fingerprint density at radius 2 is 1.54 bits per heavy atom. The Morgan fingerprint density at radius 3 is 2.15 bits per heavy atom. The van der Waals surface area contributed by atoms with Crippen LogP contribution in [0.5, 0.6) is 0 Å². The lowest BCUT2D eigenvalue weighted by atomic mass is 10.0. The summed E-state index contributed by atoms with van der Waals surface area (Å²) in [4.78, 5) is 0. The van der Waals surface area contributed by atoms with Gasteiger partial charge in [-0.25, -0.2) is 0 Å². The van der Waals surface area contributed by atoms with E-state index < -0.39 is 0 Å². The third kappa shape index (κ3) is 9.84. The minimum Gasteiger partial charge on any atom is -0.330 e. The third-order valence-corrected chi connectivity index (χ3v) is 2.46. The van der Waals surface area contributed by atoms with Gasteiger partial charge in [0.25, 0.3) is 0 Å². The molecule has 0 aliphatic heterocycles. The minimum absolute atomic E-state index is 0.442. The third-order valence-electron chi connectivity index (χ3n) is 2.46. The van der Waals surface area contributed by atoms with Gasteiger partial charge in [-0.3, -0.25) is 0 Å². The van der Waals surface area contributed by atoms with Crippen LogP contribution < -0.4 is 11.5 Å². The maximum atomic E-state index is 5.95. The summed E-state index contributed by atoms with van der Waals surface area (Å²) >= 11 is 0. The average molecular weight is 186 g/mol. The summed E-state index contributed by atoms with van der Waals surface area (Å²) in [7, 11) is 0. The summed E-state index contributed by atoms with van der Waals surface area (Å²) in [5.74, 6) is 0. The first-order valence-electron chi connectivity index (χ1n) is 5.77. The van der Waals surface area contributed by atoms with Crippen LogP contribution in [0.25, 0.3) is 0 Å². The van der Waals surface area contributed by atoms with Crippen molar-refractivity contribution < 1.29 is 0 Å². The first-order valence-corrected chi connectivity index (χ1v) is 5.77. The Morgan fingerprint density at radius 1 is 0.923 bits per heavy atom. The van der Waals surface area contributed by atoms with Crippen LogP contribution in [0.2, 0.25) is 0 Å². The molecule has 4 N–H and O–H groups in total. The van der Waals surface area contributed by atoms with E-state index >= 15 is 0 Å². The summed E-state index contributed by atoms with van der Waals surface area (Å²) in [5.41, 5.74) is 11.4. The Kier molecular flexibility index (Phi) is 9.94. The van der Waals surface area contributed by atoms with Crippen molar-refractivity contribution in [3.05, 3.63) is 0 Å². The molecule has 0 aliphatic carbocycles. The minimum atomic E-state index is 0.442. The largest absolute Gasteiger partial charge is 0.330 e. The summed E-state index contributed by atoms with van der Waals surface area (Å²) in [6.07, 6.45) is 9.98. The molecule has 0 aromatic rings. The van der Waals surface area contributed by atoms with Crippen molar-refractivity contribution >= 4 is 0 Å². The molecule has 80 valence electrons. The quantitative estimate of drug-likeness (QED) is 0.543. The molecule has 0 aromatic carbocycles. The molecule has 0 aromatic heterocycles. The number of unbranched alkanes of at least 4 members (excludes halogenated alkanes) is 4. The molecule has 0 saturated heterocycles. The van der Waals surface area contributed by atoms with Crippen LogP contribution in [0.15, 0.2) is 0 Å². The van der Waals surface area contributed by atoms with Crippen molar-refractivity contribution in [3.63, 3.8) is 0 Å². The zero-order chi connectivity index (χ0) is 9.94. The molecular formula is C11H26N2. The second-order valence-electron chi connectivity index (χ2n) is 3.89. The van der Waals surface area contributed by atoms with Crippen LogP contribution >= 0.6 is 0 Å². The zero-order valence-corrected chi connectivity index (χ0v) is 9.10. The number of hydrogen-bond donors (Lipinski definition) is 2. The molecule has 0 radical (unpaired) electrons. The average Bonchev–Trinajstić information content (AvgIpc) is 2.14. The van der Waals surface area contributed by atoms with Gasteiger partial charge in [-0.2, -0.15) is 0 Å². The van der Waals surface area contributed by atoms with Crippen molar-refractivity contribution in [2.45, 2.75) is 64.3 Å². The number of hydrogen-bond acceptors (Lipinski definition) is 2. The van der Waals surface area contributed by atoms with Crippen LogP contribution in [0.1, 0.15) is 58.3 Å². The molecule has 2 nitrogen and oxygen atoms in total. The molecular weight excluding hydrogens is 160 g/mol. The van der Waals surface area contributed by atoms with Gasteiger partial charge in [0.05, 0.1) is 0 Å². The standard InChI is InChI=1S/C11H26N2/c1-2-3-8-11(13)9-6-4-5-7-10-12/h11H,2-10,12-13H2,1H3. The molecule has 0 bridgehead atoms. The first kappa shape index (κ1) is 12.9. The lowest BCUT2D eigenvalue weighted by Gasteiger charge is -2.09. The number of rotatable bonds is 9. The highest BCUT2D eigenvalue weighted by atomic mass is 14.6. The van der Waals surface area contributed by atoms with Crippen LogP contribution in [0.3, 0.4) is 0 Å². The van der Waals surface area contributed by atoms with Gasteiger partial charge in [-0.1, -0.05) is 39.0 Å². The molecule has 0 heterocycles. The Hall–Kier alpha value is -0.0800. The highest BCUT2D eigenvalue weighted by Gasteiger charge is 2.00. The van der Waals surface area contributed by atoms with E-state index in [4.69, 9.17) is 11.5 Å². The maximum Gasteiger partial charge on any atom is 0.00388 e. The normalized spacial score (nSPS) is 13.2. The smallest absolute Gasteiger partial charge is 0.00388 e. The van der Waals surface area contributed by atoms with Gasteiger partial charge in [0.1, 0.15) is 0 Å². The molecule has 13 heavy (non-hydrogen) atoms. The van der Waals surface area contributed by atoms with Crippen molar-refractivity contribution in [3.8, 4) is 0 Å². The van der Waals surface area contributed by atoms with E-state index in [2.05, 4.69) is 6.92 Å². The van der Waals surface area contributed by atoms with E-state index in [-0.39, 0.29) is 0 Å². The zero-order valence-electron chi connectivity index (χ0n) is 9.10. The maximum absolute atomic E-state index is 5.95. The first-order chi connectivity index (χ1) is 6.31. The van der Waals surface area contributed by atoms with Crippen LogP contribution in [0.4, 0.5) is 0 Å². The van der Waals surface area contributed by atoms with Crippen molar-refractivity contribution in [1.29, 1.82) is 0 Å². The van der Waals surface area contributed by atoms with E-state index in [0.29, 0.717) is 6.04 Å². The summed E-state index contributed by atoms with van der Waals surface area (Å²) < 4.78 is 0. The molecule has 2 heteroatoms. The summed E-state index contributed by atoms with van der Waals surface area (Å²) in [6, 6.07) is 0.442. The number of nitrogens with two attached hydrogens (primary N) is 2. The molecule has 0 saturated carbocycles. The van der Waals surface area contributed by atoms with E-state index in [0.717, 1.165) is 6.54 Å². The van der Waals surface area contributed by atoms with Gasteiger partial charge in [0, 0.05) is 6.04 Å². The van der Waals surface area contributed by atoms with E-state index in [1.165, 1.54) is 51.4 Å². The molecule has 0 fully saturated rings. The molecule has 0 spiro atoms. The lowest BCUT2D eigenvalue weighted by molar-refractivity contribution is 0.503. The highest BCUT2D eigenvalue weighted by Crippen LogP contribution is 2.08. The summed E-state index contributed by atoms with van der Waals surface area (Å²) in [6.45, 7) is 3.05. The second kappa shape index (κ2) is 10.0. The molecule has 0 aliphatic rings. The second-order valence-corrected chi connectivity index (χ2v) is 3.89. The Bertz CT molecular complexity index is 94.1. The molecule has 1 atom stereocenters. The topological polar surface area (TPSA) is 52.0 Å². The van der Waals surface area contributed by atoms with Gasteiger partial charge in [-0.05, 0) is 25.8 Å². The summed E-state index contributed by atoms with van der Waals surface area (Å²) in [5, 5.41) is 0. The molecule has 1 unspecified atom stereocenters. The van der Waals surface area contributed by atoms with E-state index in [1.807, 2.05) is 0 Å². The van der Waals surface area contributed by atoms with Gasteiger partial charge in [0.2, 0.25) is 0 Å². The van der Waals surface area contributed by atoms with E-state index in [9.17, 15) is 0 Å². The predicted octanol–water partition coefficient (Wildman–Crippen LogP) is 2.41. The Labute approximate surface area is 83.1 Å². The lowest BCUT2D eigenvalue weighted by Crippen LogP contribution is -2.19. The van der Waals surface area contributed by atoms with Crippen LogP contribution in [-0.2, 0) is 0 Å². The SMILES string of the molecule is CCCCC(N)CCCCCCN. The monoisotopic (exact) mass is 186 g/mol. The van der Waals surface area contributed by atoms with Crippen molar-refractivity contribution in [2.24, 2.45) is 11.5 Å². The fourth-order valence-corrected chi connectivity index (χ4v) is 1.52. The van der Waals surface area contributed by atoms with Crippen LogP contribution in [0, 0.1) is 0 Å². The highest BCUT2D eigenvalue weighted by molar-refractivity contribution is 4.60. The fraction of sp³-hybridized carbons (Fsp3) is 1.00. The van der Waals surface area contributed by atoms with Gasteiger partial charge in [-0.15, -0.1) is 0 Å². The predicted molar refractivity (Wildman–Crippen MR) is 59.6 cm³/mol. The van der Waals surface area contributed by atoms with Gasteiger partial charge < -0.3 is 11.5 Å². The van der Waals surface area contributed by atoms with Crippen molar-refractivity contribution in [1.82, 2.24) is 0 Å². The van der Waals surface area contributed by atoms with Crippen LogP contribution in [-0.4, -0.2) is 12.6 Å². The molecule has 0 amide bonds. The fourth-order valence-electron chi connectivity index (χ4n) is 1.52. The van der Waals surface area contributed by atoms with E-state index in [1.54, 1.807) is 0 Å². The van der Waals surface area contributed by atoms with Crippen molar-refractivity contribution in [2.75, 3.05) is 6.54 Å². The van der Waals surface area contributed by atoms with Gasteiger partial charge in [0.15, 0.2) is 0 Å². The van der Waals surface area contributed by atoms with Gasteiger partial charge >= 0.3 is 0 Å².